The molecule has 3 N–H and O–H groups in total. The normalized spacial score (nSPS) is 10.7. The summed E-state index contributed by atoms with van der Waals surface area (Å²) in [4.78, 5) is 11.3. The maximum absolute atomic E-state index is 11.3. The number of primary amides is 1. The highest BCUT2D eigenvalue weighted by Crippen LogP contribution is 2.30. The molecule has 0 fully saturated rings. The number of carbonyl (C=O) groups excluding carboxylic acids is 1. The lowest BCUT2D eigenvalue weighted by Gasteiger charge is -2.08. The van der Waals surface area contributed by atoms with Gasteiger partial charge in [-0.1, -0.05) is 17.7 Å². The van der Waals surface area contributed by atoms with E-state index in [9.17, 15) is 4.79 Å². The topological polar surface area (TPSA) is 90.8 Å². The van der Waals surface area contributed by atoms with Crippen LogP contribution in [0.25, 0.3) is 16.9 Å². The summed E-state index contributed by atoms with van der Waals surface area (Å²) >= 11 is 6.05. The third-order valence-corrected chi connectivity index (χ3v) is 3.63. The number of hydrogen-bond acceptors (Lipinski definition) is 3. The molecule has 7 nitrogen and oxygen atoms in total. The van der Waals surface area contributed by atoms with Crippen molar-refractivity contribution >= 4 is 23.4 Å². The van der Waals surface area contributed by atoms with E-state index in [-0.39, 0.29) is 0 Å². The van der Waals surface area contributed by atoms with Gasteiger partial charge in [0.05, 0.1) is 11.9 Å². The predicted molar refractivity (Wildman–Crippen MR) is 88.7 cm³/mol. The first-order valence-electron chi connectivity index (χ1n) is 6.86. The molecule has 0 saturated carbocycles. The molecule has 0 atom stereocenters. The Bertz CT molecular complexity index is 882. The van der Waals surface area contributed by atoms with E-state index in [1.54, 1.807) is 27.7 Å². The zero-order valence-corrected chi connectivity index (χ0v) is 13.4. The van der Waals surface area contributed by atoms with Crippen molar-refractivity contribution in [3.05, 3.63) is 47.2 Å². The molecule has 0 aliphatic heterocycles. The number of hydrogen-bond donors (Lipinski definition) is 2. The minimum atomic E-state index is -0.658. The number of urea groups is 1. The Labute approximate surface area is 137 Å². The Morgan fingerprint density at radius 1 is 1.39 bits per heavy atom. The minimum absolute atomic E-state index is 0.499. The van der Waals surface area contributed by atoms with Crippen LogP contribution in [0.2, 0.25) is 5.02 Å². The number of nitrogens with two attached hydrogens (primary N) is 1. The highest BCUT2D eigenvalue weighted by Gasteiger charge is 2.19. The largest absolute Gasteiger partial charge is 0.351 e. The van der Waals surface area contributed by atoms with E-state index in [0.29, 0.717) is 16.5 Å². The Morgan fingerprint density at radius 2 is 2.17 bits per heavy atom. The Hall–Kier alpha value is -2.80. The smallest absolute Gasteiger partial charge is 0.317 e. The van der Waals surface area contributed by atoms with E-state index in [0.717, 1.165) is 16.8 Å². The number of benzene rings is 1. The summed E-state index contributed by atoms with van der Waals surface area (Å²) < 4.78 is 3.29. The third kappa shape index (κ3) is 2.91. The van der Waals surface area contributed by atoms with Gasteiger partial charge in [0.25, 0.3) is 0 Å². The van der Waals surface area contributed by atoms with Crippen molar-refractivity contribution in [1.82, 2.24) is 19.6 Å². The monoisotopic (exact) mass is 330 g/mol. The van der Waals surface area contributed by atoms with Crippen molar-refractivity contribution in [3.8, 4) is 16.9 Å². The summed E-state index contributed by atoms with van der Waals surface area (Å²) in [5, 5.41) is 11.9. The van der Waals surface area contributed by atoms with Gasteiger partial charge in [-0.15, -0.1) is 0 Å². The van der Waals surface area contributed by atoms with Crippen molar-refractivity contribution in [2.24, 2.45) is 12.8 Å². The summed E-state index contributed by atoms with van der Waals surface area (Å²) in [6, 6.07) is 6.52. The van der Waals surface area contributed by atoms with Crippen molar-refractivity contribution in [2.45, 2.75) is 6.92 Å². The van der Waals surface area contributed by atoms with Crippen LogP contribution in [0.3, 0.4) is 0 Å². The van der Waals surface area contributed by atoms with Gasteiger partial charge in [-0.05, 0) is 25.1 Å². The van der Waals surface area contributed by atoms with E-state index in [4.69, 9.17) is 17.3 Å². The van der Waals surface area contributed by atoms with Crippen LogP contribution in [0.15, 0.2) is 36.7 Å². The van der Waals surface area contributed by atoms with E-state index >= 15 is 0 Å². The fourth-order valence-electron chi connectivity index (χ4n) is 2.37. The lowest BCUT2D eigenvalue weighted by Crippen LogP contribution is -2.21. The molecule has 0 aliphatic rings. The van der Waals surface area contributed by atoms with Gasteiger partial charge in [0, 0.05) is 29.4 Å². The second kappa shape index (κ2) is 5.77. The van der Waals surface area contributed by atoms with E-state index < -0.39 is 6.03 Å². The maximum atomic E-state index is 11.3. The van der Waals surface area contributed by atoms with Crippen LogP contribution < -0.4 is 11.1 Å². The Morgan fingerprint density at radius 3 is 2.78 bits per heavy atom. The van der Waals surface area contributed by atoms with Crippen LogP contribution in [0, 0.1) is 6.92 Å². The van der Waals surface area contributed by atoms with E-state index in [1.807, 2.05) is 32.3 Å². The van der Waals surface area contributed by atoms with Gasteiger partial charge in [0.1, 0.15) is 11.5 Å². The standard InChI is InChI=1S/C15H15ClN6O/c1-9-13(10-7-18-21(2)8-10)20-22(14(9)19-15(17)23)12-5-3-4-11(16)6-12/h3-8H,1-2H3,(H3,17,19,23). The summed E-state index contributed by atoms with van der Waals surface area (Å²) in [6.07, 6.45) is 3.57. The van der Waals surface area contributed by atoms with Crippen molar-refractivity contribution < 1.29 is 4.79 Å². The van der Waals surface area contributed by atoms with Gasteiger partial charge in [0.2, 0.25) is 0 Å². The van der Waals surface area contributed by atoms with Gasteiger partial charge in [0.15, 0.2) is 0 Å². The molecule has 8 heteroatoms. The number of amides is 2. The average Bonchev–Trinajstić information content (AvgIpc) is 3.04. The summed E-state index contributed by atoms with van der Waals surface area (Å²) in [5.41, 5.74) is 8.35. The molecule has 0 radical (unpaired) electrons. The minimum Gasteiger partial charge on any atom is -0.351 e. The van der Waals surface area contributed by atoms with Gasteiger partial charge in [-0.3, -0.25) is 10.00 Å². The van der Waals surface area contributed by atoms with Crippen molar-refractivity contribution in [2.75, 3.05) is 5.32 Å². The number of nitrogens with one attached hydrogen (secondary N) is 1. The molecule has 3 aromatic rings. The zero-order valence-electron chi connectivity index (χ0n) is 12.6. The summed E-state index contributed by atoms with van der Waals surface area (Å²) in [7, 11) is 1.83. The second-order valence-corrected chi connectivity index (χ2v) is 5.54. The van der Waals surface area contributed by atoms with Crippen LogP contribution in [0.5, 0.6) is 0 Å². The van der Waals surface area contributed by atoms with E-state index in [2.05, 4.69) is 15.5 Å². The van der Waals surface area contributed by atoms with Gasteiger partial charge < -0.3 is 5.73 Å². The number of nitrogens with zero attached hydrogens (tertiary/aromatic N) is 4. The fraction of sp³-hybridized carbons (Fsp3) is 0.133. The molecular weight excluding hydrogens is 316 g/mol. The van der Waals surface area contributed by atoms with Crippen molar-refractivity contribution in [3.63, 3.8) is 0 Å². The zero-order chi connectivity index (χ0) is 16.6. The molecule has 0 aliphatic carbocycles. The molecular formula is C15H15ClN6O. The number of rotatable bonds is 3. The first-order chi connectivity index (χ1) is 11.0. The summed E-state index contributed by atoms with van der Waals surface area (Å²) in [5.74, 6) is 0.499. The van der Waals surface area contributed by atoms with Gasteiger partial charge in [-0.2, -0.15) is 10.2 Å². The molecule has 0 unspecified atom stereocenters. The fourth-order valence-corrected chi connectivity index (χ4v) is 2.56. The lowest BCUT2D eigenvalue weighted by atomic mass is 10.1. The molecule has 1 aromatic carbocycles. The quantitative estimate of drug-likeness (QED) is 0.773. The molecule has 23 heavy (non-hydrogen) atoms. The van der Waals surface area contributed by atoms with Crippen LogP contribution >= 0.6 is 11.6 Å². The molecule has 2 aromatic heterocycles. The molecule has 2 amide bonds. The lowest BCUT2D eigenvalue weighted by molar-refractivity contribution is 0.259. The predicted octanol–water partition coefficient (Wildman–Crippen LogP) is 2.73. The molecule has 2 heterocycles. The van der Waals surface area contributed by atoms with E-state index in [1.165, 1.54) is 0 Å². The van der Waals surface area contributed by atoms with Crippen LogP contribution in [-0.4, -0.2) is 25.6 Å². The highest BCUT2D eigenvalue weighted by atomic mass is 35.5. The average molecular weight is 331 g/mol. The Kier molecular flexibility index (Phi) is 3.79. The SMILES string of the molecule is Cc1c(-c2cnn(C)c2)nn(-c2cccc(Cl)c2)c1NC(N)=O. The first-order valence-corrected chi connectivity index (χ1v) is 7.24. The number of aromatic nitrogens is 4. The number of carbonyl (C=O) groups is 1. The van der Waals surface area contributed by atoms with Gasteiger partial charge in [-0.25, -0.2) is 9.48 Å². The molecule has 0 saturated heterocycles. The van der Waals surface area contributed by atoms with Crippen molar-refractivity contribution in [1.29, 1.82) is 0 Å². The van der Waals surface area contributed by atoms with Crippen LogP contribution in [-0.2, 0) is 7.05 Å². The number of aryl methyl sites for hydroxylation is 1. The van der Waals surface area contributed by atoms with Crippen LogP contribution in [0.1, 0.15) is 5.56 Å². The molecule has 118 valence electrons. The molecule has 0 spiro atoms. The number of anilines is 1. The third-order valence-electron chi connectivity index (χ3n) is 3.39. The van der Waals surface area contributed by atoms with Crippen LogP contribution in [0.4, 0.5) is 10.6 Å². The highest BCUT2D eigenvalue weighted by molar-refractivity contribution is 6.30. The first kappa shape index (κ1) is 15.1. The molecule has 3 rings (SSSR count). The molecule has 0 bridgehead atoms. The summed E-state index contributed by atoms with van der Waals surface area (Å²) in [6.45, 7) is 1.86. The van der Waals surface area contributed by atoms with Gasteiger partial charge >= 0.3 is 6.03 Å². The maximum Gasteiger partial charge on any atom is 0.317 e. The second-order valence-electron chi connectivity index (χ2n) is 5.11. The number of halogens is 1. The Balaban J connectivity index is 2.19.